The van der Waals surface area contributed by atoms with E-state index in [2.05, 4.69) is 9.97 Å². The zero-order chi connectivity index (χ0) is 15.0. The summed E-state index contributed by atoms with van der Waals surface area (Å²) < 4.78 is 4.25. The van der Waals surface area contributed by atoms with Crippen LogP contribution in [0.15, 0.2) is 40.3 Å². The lowest BCUT2D eigenvalue weighted by molar-refractivity contribution is 0.680. The van der Waals surface area contributed by atoms with Crippen molar-refractivity contribution in [3.8, 4) is 0 Å². The molecule has 0 aromatic carbocycles. The third-order valence-corrected chi connectivity index (χ3v) is 3.55. The first-order valence-corrected chi connectivity index (χ1v) is 6.60. The molecular formula is C14H15N5O2. The molecule has 3 rings (SSSR count). The largest absolute Gasteiger partial charge is 0.332 e. The third kappa shape index (κ3) is 2.16. The van der Waals surface area contributed by atoms with Crippen LogP contribution in [0.5, 0.6) is 0 Å². The number of rotatable bonds is 3. The minimum absolute atomic E-state index is 0.327. The predicted octanol–water partition coefficient (Wildman–Crippen LogP) is 0.0714. The molecule has 3 heterocycles. The molecule has 3 aromatic heterocycles. The molecule has 0 N–H and O–H groups in total. The molecular weight excluding hydrogens is 270 g/mol. The van der Waals surface area contributed by atoms with Crippen LogP contribution in [-0.4, -0.2) is 23.7 Å². The number of nitrogens with zero attached hydrogens (tertiary/aromatic N) is 5. The van der Waals surface area contributed by atoms with Crippen LogP contribution in [0.1, 0.15) is 5.69 Å². The quantitative estimate of drug-likeness (QED) is 0.682. The van der Waals surface area contributed by atoms with Crippen molar-refractivity contribution < 1.29 is 0 Å². The molecule has 0 aliphatic rings. The predicted molar refractivity (Wildman–Crippen MR) is 78.2 cm³/mol. The molecule has 0 atom stereocenters. The van der Waals surface area contributed by atoms with E-state index in [0.29, 0.717) is 24.1 Å². The summed E-state index contributed by atoms with van der Waals surface area (Å²) in [6.45, 7) is 0.584. The average molecular weight is 285 g/mol. The van der Waals surface area contributed by atoms with E-state index in [1.807, 2.05) is 18.2 Å². The Morgan fingerprint density at radius 1 is 1.10 bits per heavy atom. The van der Waals surface area contributed by atoms with Crippen LogP contribution in [0, 0.1) is 0 Å². The Bertz CT molecular complexity index is 905. The van der Waals surface area contributed by atoms with Crippen LogP contribution in [0.2, 0.25) is 0 Å². The van der Waals surface area contributed by atoms with Crippen LogP contribution in [-0.2, 0) is 27.1 Å². The van der Waals surface area contributed by atoms with Gasteiger partial charge in [-0.1, -0.05) is 6.07 Å². The van der Waals surface area contributed by atoms with Crippen molar-refractivity contribution in [1.29, 1.82) is 0 Å². The molecule has 0 fully saturated rings. The van der Waals surface area contributed by atoms with Gasteiger partial charge < -0.3 is 4.57 Å². The van der Waals surface area contributed by atoms with Crippen molar-refractivity contribution in [2.24, 2.45) is 14.1 Å². The lowest BCUT2D eigenvalue weighted by Gasteiger charge is -2.06. The van der Waals surface area contributed by atoms with Gasteiger partial charge in [0, 0.05) is 39.0 Å². The van der Waals surface area contributed by atoms with Gasteiger partial charge >= 0.3 is 5.69 Å². The molecule has 0 spiro atoms. The van der Waals surface area contributed by atoms with Gasteiger partial charge in [-0.15, -0.1) is 0 Å². The van der Waals surface area contributed by atoms with E-state index in [-0.39, 0.29) is 11.2 Å². The molecule has 0 amide bonds. The van der Waals surface area contributed by atoms with E-state index in [0.717, 1.165) is 10.3 Å². The van der Waals surface area contributed by atoms with E-state index < -0.39 is 0 Å². The van der Waals surface area contributed by atoms with Crippen LogP contribution < -0.4 is 11.2 Å². The van der Waals surface area contributed by atoms with Gasteiger partial charge in [0.1, 0.15) is 0 Å². The van der Waals surface area contributed by atoms with Crippen molar-refractivity contribution in [2.45, 2.75) is 13.0 Å². The first-order valence-electron chi connectivity index (χ1n) is 6.60. The van der Waals surface area contributed by atoms with Crippen LogP contribution in [0.25, 0.3) is 11.2 Å². The SMILES string of the molecule is Cn1c(=O)c2c(ncn2CCc2ccccn2)n(C)c1=O. The van der Waals surface area contributed by atoms with Gasteiger partial charge in [0.2, 0.25) is 0 Å². The fraction of sp³-hybridized carbons (Fsp3) is 0.286. The Hall–Kier alpha value is -2.70. The number of hydrogen-bond acceptors (Lipinski definition) is 4. The number of imidazole rings is 1. The highest BCUT2D eigenvalue weighted by atomic mass is 16.2. The highest BCUT2D eigenvalue weighted by molar-refractivity contribution is 5.69. The number of fused-ring (bicyclic) bond motifs is 1. The van der Waals surface area contributed by atoms with Crippen molar-refractivity contribution in [3.63, 3.8) is 0 Å². The Labute approximate surface area is 120 Å². The Balaban J connectivity index is 2.05. The zero-order valence-corrected chi connectivity index (χ0v) is 11.9. The van der Waals surface area contributed by atoms with Crippen molar-refractivity contribution >= 4 is 11.2 Å². The number of aromatic nitrogens is 5. The standard InChI is InChI=1S/C14H15N5O2/c1-17-12-11(13(20)18(2)14(17)21)19(9-16-12)8-6-10-5-3-4-7-15-10/h3-5,7,9H,6,8H2,1-2H3. The highest BCUT2D eigenvalue weighted by Gasteiger charge is 2.13. The molecule has 108 valence electrons. The number of hydrogen-bond donors (Lipinski definition) is 0. The maximum Gasteiger partial charge on any atom is 0.332 e. The van der Waals surface area contributed by atoms with Crippen molar-refractivity contribution in [2.75, 3.05) is 0 Å². The molecule has 0 unspecified atom stereocenters. The van der Waals surface area contributed by atoms with Gasteiger partial charge in [-0.05, 0) is 12.1 Å². The van der Waals surface area contributed by atoms with Crippen LogP contribution in [0.3, 0.4) is 0 Å². The van der Waals surface area contributed by atoms with E-state index in [1.54, 1.807) is 24.1 Å². The van der Waals surface area contributed by atoms with E-state index in [9.17, 15) is 9.59 Å². The lowest BCUT2D eigenvalue weighted by atomic mass is 10.3. The third-order valence-electron chi connectivity index (χ3n) is 3.55. The Morgan fingerprint density at radius 3 is 2.62 bits per heavy atom. The van der Waals surface area contributed by atoms with Gasteiger partial charge in [-0.3, -0.25) is 18.9 Å². The second-order valence-electron chi connectivity index (χ2n) is 4.89. The molecule has 21 heavy (non-hydrogen) atoms. The first kappa shape index (κ1) is 13.3. The summed E-state index contributed by atoms with van der Waals surface area (Å²) in [5.74, 6) is 0. The van der Waals surface area contributed by atoms with Gasteiger partial charge in [0.25, 0.3) is 5.56 Å². The second-order valence-corrected chi connectivity index (χ2v) is 4.89. The van der Waals surface area contributed by atoms with E-state index in [1.165, 1.54) is 11.6 Å². The van der Waals surface area contributed by atoms with Gasteiger partial charge in [-0.25, -0.2) is 9.78 Å². The average Bonchev–Trinajstić information content (AvgIpc) is 2.94. The van der Waals surface area contributed by atoms with Crippen LogP contribution >= 0.6 is 0 Å². The minimum atomic E-state index is -0.373. The first-order chi connectivity index (χ1) is 10.1. The topological polar surface area (TPSA) is 74.7 Å². The normalized spacial score (nSPS) is 11.1. The molecule has 0 saturated carbocycles. The van der Waals surface area contributed by atoms with Gasteiger partial charge in [0.05, 0.1) is 6.33 Å². The summed E-state index contributed by atoms with van der Waals surface area (Å²) in [6, 6.07) is 5.73. The fourth-order valence-corrected chi connectivity index (χ4v) is 2.35. The molecule has 3 aromatic rings. The molecule has 7 heteroatoms. The molecule has 0 saturated heterocycles. The van der Waals surface area contributed by atoms with E-state index >= 15 is 0 Å². The van der Waals surface area contributed by atoms with Crippen molar-refractivity contribution in [1.82, 2.24) is 23.7 Å². The number of aryl methyl sites for hydroxylation is 3. The Kier molecular flexibility index (Phi) is 3.17. The lowest BCUT2D eigenvalue weighted by Crippen LogP contribution is -2.37. The van der Waals surface area contributed by atoms with Gasteiger partial charge in [-0.2, -0.15) is 0 Å². The maximum atomic E-state index is 12.3. The smallest absolute Gasteiger partial charge is 0.324 e. The van der Waals surface area contributed by atoms with Gasteiger partial charge in [0.15, 0.2) is 11.2 Å². The molecule has 0 bridgehead atoms. The summed E-state index contributed by atoms with van der Waals surface area (Å²) in [5.41, 5.74) is 1.09. The van der Waals surface area contributed by atoms with Crippen molar-refractivity contribution in [3.05, 3.63) is 57.3 Å². The molecule has 0 radical (unpaired) electrons. The highest BCUT2D eigenvalue weighted by Crippen LogP contribution is 2.07. The monoisotopic (exact) mass is 285 g/mol. The summed E-state index contributed by atoms with van der Waals surface area (Å²) in [4.78, 5) is 32.6. The summed E-state index contributed by atoms with van der Waals surface area (Å²) >= 11 is 0. The molecule has 0 aliphatic heterocycles. The summed E-state index contributed by atoms with van der Waals surface area (Å²) in [5, 5.41) is 0. The molecule has 0 aliphatic carbocycles. The summed E-state index contributed by atoms with van der Waals surface area (Å²) in [6.07, 6.45) is 4.02. The maximum absolute atomic E-state index is 12.3. The summed E-state index contributed by atoms with van der Waals surface area (Å²) in [7, 11) is 3.08. The molecule has 7 nitrogen and oxygen atoms in total. The fourth-order valence-electron chi connectivity index (χ4n) is 2.35. The van der Waals surface area contributed by atoms with E-state index in [4.69, 9.17) is 0 Å². The number of pyridine rings is 1. The second kappa shape index (κ2) is 5.01. The zero-order valence-electron chi connectivity index (χ0n) is 11.9. The van der Waals surface area contributed by atoms with Crippen LogP contribution in [0.4, 0.5) is 0 Å². The minimum Gasteiger partial charge on any atom is -0.324 e. The Morgan fingerprint density at radius 2 is 1.90 bits per heavy atom.